The lowest BCUT2D eigenvalue weighted by atomic mass is 10.2. The largest absolute Gasteiger partial charge is 0.467 e. The predicted molar refractivity (Wildman–Crippen MR) is 73.3 cm³/mol. The average molecular weight is 307 g/mol. The van der Waals surface area contributed by atoms with Crippen LogP contribution < -0.4 is 16.6 Å². The number of nitrogens with one attached hydrogen (secondary N) is 2. The van der Waals surface area contributed by atoms with Crippen LogP contribution in [0.4, 0.5) is 0 Å². The van der Waals surface area contributed by atoms with E-state index in [9.17, 15) is 19.2 Å². The molecule has 2 aromatic rings. The Balaban J connectivity index is 2.19. The normalized spacial score (nSPS) is 11.7. The highest BCUT2D eigenvalue weighted by Crippen LogP contribution is 2.01. The van der Waals surface area contributed by atoms with Crippen molar-refractivity contribution in [2.45, 2.75) is 12.6 Å². The Bertz CT molecular complexity index is 774. The zero-order valence-electron chi connectivity index (χ0n) is 11.6. The molecule has 0 spiro atoms. The molecule has 116 valence electrons. The molecular weight excluding hydrogens is 294 g/mol. The van der Waals surface area contributed by atoms with Crippen molar-refractivity contribution in [3.63, 3.8) is 0 Å². The third-order valence-corrected chi connectivity index (χ3v) is 2.81. The molecule has 0 aliphatic heterocycles. The Morgan fingerprint density at radius 3 is 2.77 bits per heavy atom. The topological polar surface area (TPSA) is 123 Å². The van der Waals surface area contributed by atoms with Gasteiger partial charge in [-0.1, -0.05) is 0 Å². The third-order valence-electron chi connectivity index (χ3n) is 2.81. The summed E-state index contributed by atoms with van der Waals surface area (Å²) in [5, 5.41) is 2.40. The fourth-order valence-electron chi connectivity index (χ4n) is 1.74. The van der Waals surface area contributed by atoms with Crippen molar-refractivity contribution in [3.05, 3.63) is 57.3 Å². The maximum absolute atomic E-state index is 11.9. The van der Waals surface area contributed by atoms with E-state index in [-0.39, 0.29) is 12.3 Å². The van der Waals surface area contributed by atoms with Gasteiger partial charge in [0.25, 0.3) is 11.5 Å². The van der Waals surface area contributed by atoms with E-state index in [2.05, 4.69) is 15.0 Å². The summed E-state index contributed by atoms with van der Waals surface area (Å²) in [7, 11) is 1.16. The standard InChI is InChI=1S/C13H13N3O6/c1-21-12(19)8(14-11(18)9-3-2-6-22-9)7-16-5-4-10(17)15-13(16)20/h2-6,8H,7H2,1H3,(H,14,18)(H,15,17,20)/t8-/m0/s1. The van der Waals surface area contributed by atoms with E-state index in [1.54, 1.807) is 0 Å². The number of carbonyl (C=O) groups excluding carboxylic acids is 2. The fraction of sp³-hybridized carbons (Fsp3) is 0.231. The van der Waals surface area contributed by atoms with Crippen LogP contribution in [0.2, 0.25) is 0 Å². The van der Waals surface area contributed by atoms with Crippen LogP contribution in [-0.4, -0.2) is 34.6 Å². The van der Waals surface area contributed by atoms with Crippen LogP contribution in [-0.2, 0) is 16.1 Å². The number of amides is 1. The number of aromatic amines is 1. The first-order valence-electron chi connectivity index (χ1n) is 6.23. The van der Waals surface area contributed by atoms with Crippen LogP contribution in [0.15, 0.2) is 44.7 Å². The van der Waals surface area contributed by atoms with Crippen molar-refractivity contribution in [1.82, 2.24) is 14.9 Å². The van der Waals surface area contributed by atoms with Crippen molar-refractivity contribution < 1.29 is 18.7 Å². The zero-order chi connectivity index (χ0) is 16.1. The highest BCUT2D eigenvalue weighted by Gasteiger charge is 2.24. The number of H-pyrrole nitrogens is 1. The van der Waals surface area contributed by atoms with Crippen LogP contribution in [0.5, 0.6) is 0 Å². The first kappa shape index (κ1) is 15.3. The number of methoxy groups -OCH3 is 1. The number of nitrogens with zero attached hydrogens (tertiary/aromatic N) is 1. The summed E-state index contributed by atoms with van der Waals surface area (Å²) in [5.41, 5.74) is -1.26. The number of hydrogen-bond acceptors (Lipinski definition) is 6. The van der Waals surface area contributed by atoms with Crippen molar-refractivity contribution >= 4 is 11.9 Å². The molecule has 1 atom stereocenters. The Morgan fingerprint density at radius 2 is 2.18 bits per heavy atom. The minimum Gasteiger partial charge on any atom is -0.467 e. The van der Waals surface area contributed by atoms with Gasteiger partial charge in [-0.2, -0.15) is 0 Å². The molecule has 0 unspecified atom stereocenters. The summed E-state index contributed by atoms with van der Waals surface area (Å²) in [6.45, 7) is -0.200. The van der Waals surface area contributed by atoms with Gasteiger partial charge in [-0.15, -0.1) is 0 Å². The predicted octanol–water partition coefficient (Wildman–Crippen LogP) is -0.899. The highest BCUT2D eigenvalue weighted by molar-refractivity contribution is 5.94. The second-order valence-electron chi connectivity index (χ2n) is 4.29. The molecule has 9 heteroatoms. The van der Waals surface area contributed by atoms with Crippen LogP contribution in [0.1, 0.15) is 10.6 Å². The van der Waals surface area contributed by atoms with Crippen molar-refractivity contribution in [1.29, 1.82) is 0 Å². The van der Waals surface area contributed by atoms with Gasteiger partial charge in [0.1, 0.15) is 6.04 Å². The maximum atomic E-state index is 11.9. The molecule has 1 amide bonds. The van der Waals surface area contributed by atoms with E-state index in [1.165, 1.54) is 24.6 Å². The fourth-order valence-corrected chi connectivity index (χ4v) is 1.74. The minimum atomic E-state index is -1.12. The van der Waals surface area contributed by atoms with E-state index in [0.717, 1.165) is 17.7 Å². The molecule has 0 aliphatic carbocycles. The molecule has 9 nitrogen and oxygen atoms in total. The molecule has 2 N–H and O–H groups in total. The van der Waals surface area contributed by atoms with Gasteiger partial charge < -0.3 is 14.5 Å². The van der Waals surface area contributed by atoms with Crippen molar-refractivity contribution in [2.24, 2.45) is 0 Å². The number of aromatic nitrogens is 2. The molecule has 2 aromatic heterocycles. The second kappa shape index (κ2) is 6.57. The number of rotatable bonds is 5. The molecule has 2 rings (SSSR count). The van der Waals surface area contributed by atoms with Crippen molar-refractivity contribution in [2.75, 3.05) is 7.11 Å². The number of ether oxygens (including phenoxy) is 1. The van der Waals surface area contributed by atoms with Crippen LogP contribution in [0, 0.1) is 0 Å². The summed E-state index contributed by atoms with van der Waals surface area (Å²) >= 11 is 0. The van der Waals surface area contributed by atoms with E-state index < -0.39 is 29.2 Å². The third kappa shape index (κ3) is 3.51. The number of hydrogen-bond donors (Lipinski definition) is 2. The molecule has 0 fully saturated rings. The van der Waals surface area contributed by atoms with E-state index in [0.29, 0.717) is 0 Å². The molecule has 0 radical (unpaired) electrons. The Kier molecular flexibility index (Phi) is 4.57. The van der Waals surface area contributed by atoms with Gasteiger partial charge in [0.2, 0.25) is 0 Å². The highest BCUT2D eigenvalue weighted by atomic mass is 16.5. The summed E-state index contributed by atoms with van der Waals surface area (Å²) in [6, 6.07) is 2.96. The first-order chi connectivity index (χ1) is 10.5. The molecule has 0 aliphatic rings. The van der Waals surface area contributed by atoms with Gasteiger partial charge in [0, 0.05) is 12.3 Å². The molecular formula is C13H13N3O6. The summed E-state index contributed by atoms with van der Waals surface area (Å²) in [4.78, 5) is 48.3. The molecule has 2 heterocycles. The molecule has 0 bridgehead atoms. The lowest BCUT2D eigenvalue weighted by molar-refractivity contribution is -0.143. The lowest BCUT2D eigenvalue weighted by Gasteiger charge is -2.16. The van der Waals surface area contributed by atoms with Gasteiger partial charge in [-0.05, 0) is 12.1 Å². The van der Waals surface area contributed by atoms with E-state index in [1.807, 2.05) is 0 Å². The Labute approximate surface area is 123 Å². The van der Waals surface area contributed by atoms with Crippen LogP contribution in [0.3, 0.4) is 0 Å². The van der Waals surface area contributed by atoms with E-state index >= 15 is 0 Å². The number of carbonyl (C=O) groups is 2. The Hall–Kier alpha value is -3.10. The summed E-state index contributed by atoms with van der Waals surface area (Å²) < 4.78 is 10.6. The van der Waals surface area contributed by atoms with Gasteiger partial charge >= 0.3 is 11.7 Å². The monoisotopic (exact) mass is 307 g/mol. The molecule has 22 heavy (non-hydrogen) atoms. The Morgan fingerprint density at radius 1 is 1.41 bits per heavy atom. The molecule has 0 aromatic carbocycles. The molecule has 0 saturated heterocycles. The van der Waals surface area contributed by atoms with Gasteiger partial charge in [0.15, 0.2) is 5.76 Å². The number of esters is 1. The second-order valence-corrected chi connectivity index (χ2v) is 4.29. The SMILES string of the molecule is COC(=O)[C@H](Cn1ccc(=O)[nH]c1=O)NC(=O)c1ccco1. The zero-order valence-corrected chi connectivity index (χ0v) is 11.6. The van der Waals surface area contributed by atoms with E-state index in [4.69, 9.17) is 4.42 Å². The van der Waals surface area contributed by atoms with Gasteiger partial charge in [-0.3, -0.25) is 19.1 Å². The number of furan rings is 1. The van der Waals surface area contributed by atoms with Crippen molar-refractivity contribution in [3.8, 4) is 0 Å². The summed E-state index contributed by atoms with van der Waals surface area (Å²) in [5.74, 6) is -1.35. The minimum absolute atomic E-state index is 0.0164. The smallest absolute Gasteiger partial charge is 0.330 e. The van der Waals surface area contributed by atoms with Crippen LogP contribution >= 0.6 is 0 Å². The summed E-state index contributed by atoms with van der Waals surface area (Å²) in [6.07, 6.45) is 2.53. The quantitative estimate of drug-likeness (QED) is 0.690. The average Bonchev–Trinajstić information content (AvgIpc) is 3.02. The van der Waals surface area contributed by atoms with Gasteiger partial charge in [0.05, 0.1) is 19.9 Å². The first-order valence-corrected chi connectivity index (χ1v) is 6.23. The van der Waals surface area contributed by atoms with Crippen LogP contribution in [0.25, 0.3) is 0 Å². The van der Waals surface area contributed by atoms with Gasteiger partial charge in [-0.25, -0.2) is 9.59 Å². The molecule has 0 saturated carbocycles. The maximum Gasteiger partial charge on any atom is 0.330 e. The lowest BCUT2D eigenvalue weighted by Crippen LogP contribution is -2.46.